The predicted molar refractivity (Wildman–Crippen MR) is 33.8 cm³/mol. The number of ether oxygens (including phenoxy) is 2. The van der Waals surface area contributed by atoms with E-state index in [2.05, 4.69) is 9.47 Å². The summed E-state index contributed by atoms with van der Waals surface area (Å²) in [6.07, 6.45) is -5.25. The van der Waals surface area contributed by atoms with Gasteiger partial charge >= 0.3 is 11.9 Å². The maximum atomic E-state index is 12.5. The molecule has 2 atom stereocenters. The van der Waals surface area contributed by atoms with Crippen LogP contribution in [0, 0.1) is 0 Å². The van der Waals surface area contributed by atoms with Gasteiger partial charge in [-0.15, -0.1) is 0 Å². The average Bonchev–Trinajstić information content (AvgIpc) is 2.12. The summed E-state index contributed by atoms with van der Waals surface area (Å²) in [6, 6.07) is 0. The minimum Gasteiger partial charge on any atom is -0.467 e. The van der Waals surface area contributed by atoms with Crippen LogP contribution >= 0.6 is 0 Å². The molecule has 12 heavy (non-hydrogen) atoms. The molecule has 0 N–H and O–H groups in total. The number of hydrogen-bond donors (Lipinski definition) is 0. The third-order valence-corrected chi connectivity index (χ3v) is 1.11. The molecule has 2 unspecified atom stereocenters. The van der Waals surface area contributed by atoms with Crippen LogP contribution in [0.1, 0.15) is 0 Å². The molecule has 0 bridgehead atoms. The van der Waals surface area contributed by atoms with Crippen LogP contribution in [0.4, 0.5) is 8.78 Å². The number of carbonyl (C=O) groups is 2. The first kappa shape index (κ1) is 10.8. The summed E-state index contributed by atoms with van der Waals surface area (Å²) in [5, 5.41) is 0. The molecule has 6 heteroatoms. The van der Waals surface area contributed by atoms with Crippen molar-refractivity contribution in [2.45, 2.75) is 12.3 Å². The van der Waals surface area contributed by atoms with Crippen molar-refractivity contribution in [3.05, 3.63) is 0 Å². The van der Waals surface area contributed by atoms with E-state index in [-0.39, 0.29) is 0 Å². The van der Waals surface area contributed by atoms with Gasteiger partial charge in [-0.05, 0) is 0 Å². The second-order valence-electron chi connectivity index (χ2n) is 1.85. The molecular formula is C6H8F2O4. The van der Waals surface area contributed by atoms with Gasteiger partial charge in [0, 0.05) is 0 Å². The molecule has 0 fully saturated rings. The molecule has 0 aliphatic rings. The van der Waals surface area contributed by atoms with E-state index in [0.29, 0.717) is 0 Å². The molecule has 0 heterocycles. The standard InChI is InChI=1S/C6H8F2O4/c1-11-5(9)3(7)4(8)6(10)12-2/h3-4H,1-2H3. The first-order valence-corrected chi connectivity index (χ1v) is 2.98. The molecule has 0 rings (SSSR count). The van der Waals surface area contributed by atoms with Crippen LogP contribution in [0.25, 0.3) is 0 Å². The van der Waals surface area contributed by atoms with E-state index < -0.39 is 24.3 Å². The molecule has 0 amide bonds. The summed E-state index contributed by atoms with van der Waals surface area (Å²) in [5.41, 5.74) is 0. The molecular weight excluding hydrogens is 174 g/mol. The molecule has 0 radical (unpaired) electrons. The average molecular weight is 182 g/mol. The second kappa shape index (κ2) is 4.63. The third kappa shape index (κ3) is 2.44. The Morgan fingerprint density at radius 1 is 1.00 bits per heavy atom. The van der Waals surface area contributed by atoms with Crippen molar-refractivity contribution in [3.63, 3.8) is 0 Å². The maximum Gasteiger partial charge on any atom is 0.344 e. The van der Waals surface area contributed by atoms with Gasteiger partial charge in [0.2, 0.25) is 12.3 Å². The van der Waals surface area contributed by atoms with E-state index in [1.54, 1.807) is 0 Å². The van der Waals surface area contributed by atoms with Crippen molar-refractivity contribution in [1.29, 1.82) is 0 Å². The fourth-order valence-electron chi connectivity index (χ4n) is 0.464. The highest BCUT2D eigenvalue weighted by Gasteiger charge is 2.35. The van der Waals surface area contributed by atoms with Gasteiger partial charge in [0.1, 0.15) is 0 Å². The Hall–Kier alpha value is -1.20. The Kier molecular flexibility index (Phi) is 4.17. The lowest BCUT2D eigenvalue weighted by molar-refractivity contribution is -0.159. The number of halogens is 2. The van der Waals surface area contributed by atoms with Crippen molar-refractivity contribution in [2.75, 3.05) is 14.2 Å². The van der Waals surface area contributed by atoms with E-state index in [1.807, 2.05) is 0 Å². The zero-order valence-corrected chi connectivity index (χ0v) is 6.54. The van der Waals surface area contributed by atoms with Gasteiger partial charge in [0.05, 0.1) is 14.2 Å². The van der Waals surface area contributed by atoms with Crippen molar-refractivity contribution in [1.82, 2.24) is 0 Å². The Balaban J connectivity index is 4.18. The van der Waals surface area contributed by atoms with Gasteiger partial charge in [0.15, 0.2) is 0 Å². The predicted octanol–water partition coefficient (Wildman–Crippen LogP) is 0.00860. The molecule has 0 aromatic heterocycles. The first-order valence-electron chi connectivity index (χ1n) is 2.98. The lowest BCUT2D eigenvalue weighted by atomic mass is 10.2. The molecule has 0 saturated heterocycles. The summed E-state index contributed by atoms with van der Waals surface area (Å²) in [4.78, 5) is 20.7. The smallest absolute Gasteiger partial charge is 0.344 e. The van der Waals surface area contributed by atoms with Gasteiger partial charge in [-0.2, -0.15) is 0 Å². The van der Waals surface area contributed by atoms with Crippen molar-refractivity contribution >= 4 is 11.9 Å². The highest BCUT2D eigenvalue weighted by molar-refractivity contribution is 5.85. The molecule has 70 valence electrons. The minimum atomic E-state index is -2.62. The van der Waals surface area contributed by atoms with E-state index in [1.165, 1.54) is 0 Å². The quantitative estimate of drug-likeness (QED) is 0.577. The van der Waals surface area contributed by atoms with Crippen molar-refractivity contribution in [3.8, 4) is 0 Å². The zero-order valence-electron chi connectivity index (χ0n) is 6.54. The van der Waals surface area contributed by atoms with Gasteiger partial charge < -0.3 is 9.47 Å². The topological polar surface area (TPSA) is 52.6 Å². The van der Waals surface area contributed by atoms with Crippen LogP contribution in [-0.4, -0.2) is 38.5 Å². The monoisotopic (exact) mass is 182 g/mol. The Labute approximate surface area is 67.4 Å². The fourth-order valence-corrected chi connectivity index (χ4v) is 0.464. The number of hydrogen-bond acceptors (Lipinski definition) is 4. The fraction of sp³-hybridized carbons (Fsp3) is 0.667. The highest BCUT2D eigenvalue weighted by Crippen LogP contribution is 2.07. The SMILES string of the molecule is COC(=O)C(F)C(F)C(=O)OC. The van der Waals surface area contributed by atoms with Crippen LogP contribution in [0.3, 0.4) is 0 Å². The van der Waals surface area contributed by atoms with Gasteiger partial charge in [-0.1, -0.05) is 0 Å². The molecule has 0 aromatic rings. The first-order chi connectivity index (χ1) is 5.54. The van der Waals surface area contributed by atoms with Crippen LogP contribution in [0.15, 0.2) is 0 Å². The molecule has 0 saturated carbocycles. The summed E-state index contributed by atoms with van der Waals surface area (Å²) < 4.78 is 32.7. The van der Waals surface area contributed by atoms with E-state index >= 15 is 0 Å². The van der Waals surface area contributed by atoms with E-state index in [9.17, 15) is 18.4 Å². The van der Waals surface area contributed by atoms with Crippen LogP contribution in [-0.2, 0) is 19.1 Å². The second-order valence-corrected chi connectivity index (χ2v) is 1.85. The maximum absolute atomic E-state index is 12.5. The Morgan fingerprint density at radius 3 is 1.42 bits per heavy atom. The van der Waals surface area contributed by atoms with Gasteiger partial charge in [-0.25, -0.2) is 18.4 Å². The summed E-state index contributed by atoms with van der Waals surface area (Å²) in [6.45, 7) is 0. The number of rotatable bonds is 3. The summed E-state index contributed by atoms with van der Waals surface area (Å²) in [5.74, 6) is -2.87. The van der Waals surface area contributed by atoms with Gasteiger partial charge in [-0.3, -0.25) is 0 Å². The largest absolute Gasteiger partial charge is 0.467 e. The van der Waals surface area contributed by atoms with Crippen molar-refractivity contribution in [2.24, 2.45) is 0 Å². The normalized spacial score (nSPS) is 14.7. The van der Waals surface area contributed by atoms with Crippen LogP contribution in [0.5, 0.6) is 0 Å². The van der Waals surface area contributed by atoms with E-state index in [4.69, 9.17) is 0 Å². The van der Waals surface area contributed by atoms with Crippen LogP contribution < -0.4 is 0 Å². The molecule has 0 aromatic carbocycles. The van der Waals surface area contributed by atoms with Crippen molar-refractivity contribution < 1.29 is 27.8 Å². The zero-order chi connectivity index (χ0) is 9.72. The molecule has 0 aliphatic carbocycles. The number of methoxy groups -OCH3 is 2. The number of carbonyl (C=O) groups excluding carboxylic acids is 2. The Morgan fingerprint density at radius 2 is 1.25 bits per heavy atom. The summed E-state index contributed by atoms with van der Waals surface area (Å²) >= 11 is 0. The molecule has 0 aliphatic heterocycles. The van der Waals surface area contributed by atoms with Crippen LogP contribution in [0.2, 0.25) is 0 Å². The number of alkyl halides is 2. The Bertz CT molecular complexity index is 162. The number of esters is 2. The van der Waals surface area contributed by atoms with Gasteiger partial charge in [0.25, 0.3) is 0 Å². The lowest BCUT2D eigenvalue weighted by Gasteiger charge is -2.08. The third-order valence-electron chi connectivity index (χ3n) is 1.11. The molecule has 0 spiro atoms. The highest BCUT2D eigenvalue weighted by atomic mass is 19.2. The lowest BCUT2D eigenvalue weighted by Crippen LogP contribution is -2.34. The van der Waals surface area contributed by atoms with E-state index in [0.717, 1.165) is 14.2 Å². The molecule has 4 nitrogen and oxygen atoms in total. The summed E-state index contributed by atoms with van der Waals surface area (Å²) in [7, 11) is 1.78. The minimum absolute atomic E-state index is 0.888.